The zero-order chi connectivity index (χ0) is 24.7. The highest BCUT2D eigenvalue weighted by Gasteiger charge is 2.42. The van der Waals surface area contributed by atoms with Crippen LogP contribution in [-0.2, 0) is 24.7 Å². The molecule has 2 aliphatic heterocycles. The lowest BCUT2D eigenvalue weighted by Gasteiger charge is -2.24. The molecule has 0 bridgehead atoms. The van der Waals surface area contributed by atoms with Crippen molar-refractivity contribution in [2.45, 2.75) is 11.8 Å². The Morgan fingerprint density at radius 1 is 1.15 bits per heavy atom. The highest BCUT2D eigenvalue weighted by molar-refractivity contribution is 8.16. The van der Waals surface area contributed by atoms with Gasteiger partial charge in [0.25, 0.3) is 5.91 Å². The molecule has 10 nitrogen and oxygen atoms in total. The number of amidine groups is 3. The molecule has 0 unspecified atom stereocenters. The zero-order valence-corrected chi connectivity index (χ0v) is 20.5. The van der Waals surface area contributed by atoms with Crippen molar-refractivity contribution in [2.24, 2.45) is 9.39 Å². The maximum absolute atomic E-state index is 12.5. The molecule has 0 aliphatic carbocycles. The summed E-state index contributed by atoms with van der Waals surface area (Å²) in [6.45, 7) is 1.44. The fourth-order valence-electron chi connectivity index (χ4n) is 2.92. The number of nitrogens with one attached hydrogen (secondary N) is 1. The number of halogens is 1. The first-order valence-corrected chi connectivity index (χ1v) is 13.8. The van der Waals surface area contributed by atoms with Crippen LogP contribution in [0.2, 0.25) is 5.02 Å². The van der Waals surface area contributed by atoms with Crippen LogP contribution in [0.4, 0.5) is 0 Å². The van der Waals surface area contributed by atoms with Gasteiger partial charge in [-0.2, -0.15) is 17.8 Å². The van der Waals surface area contributed by atoms with Crippen LogP contribution in [0.25, 0.3) is 6.08 Å². The van der Waals surface area contributed by atoms with Gasteiger partial charge >= 0.3 is 10.1 Å². The third kappa shape index (κ3) is 4.51. The third-order valence-electron chi connectivity index (χ3n) is 4.65. The van der Waals surface area contributed by atoms with Crippen molar-refractivity contribution in [1.29, 1.82) is 5.41 Å². The van der Waals surface area contributed by atoms with E-state index in [0.29, 0.717) is 17.5 Å². The summed E-state index contributed by atoms with van der Waals surface area (Å²) in [5.74, 6) is -1.52. The lowest BCUT2D eigenvalue weighted by Crippen LogP contribution is -2.45. The molecular weight excluding hydrogens is 524 g/mol. The number of hydrogen-bond donors (Lipinski definition) is 1. The van der Waals surface area contributed by atoms with Gasteiger partial charge in [0.1, 0.15) is 10.7 Å². The topological polar surface area (TPSA) is 146 Å². The molecule has 176 valence electrons. The van der Waals surface area contributed by atoms with Gasteiger partial charge in [-0.15, -0.1) is 0 Å². The molecule has 0 fully saturated rings. The Morgan fingerprint density at radius 2 is 1.85 bits per heavy atom. The maximum atomic E-state index is 12.5. The third-order valence-corrected chi connectivity index (χ3v) is 8.60. The van der Waals surface area contributed by atoms with Gasteiger partial charge in [0, 0.05) is 0 Å². The lowest BCUT2D eigenvalue weighted by atomic mass is 10.1. The second kappa shape index (κ2) is 8.98. The van der Waals surface area contributed by atoms with E-state index in [0.717, 1.165) is 4.90 Å². The van der Waals surface area contributed by atoms with Crippen LogP contribution in [0.15, 0.2) is 68.4 Å². The molecule has 0 saturated heterocycles. The Bertz CT molecular complexity index is 1520. The largest absolute Gasteiger partial charge is 0.377 e. The first kappa shape index (κ1) is 24.1. The smallest absolute Gasteiger partial charge is 0.339 e. The second-order valence-corrected chi connectivity index (χ2v) is 11.7. The summed E-state index contributed by atoms with van der Waals surface area (Å²) in [6, 6.07) is 11.6. The number of carbonyl (C=O) groups excluding carboxylic acids is 1. The molecule has 1 N–H and O–H groups in total. The summed E-state index contributed by atoms with van der Waals surface area (Å²) in [5.41, 5.74) is 0.150. The van der Waals surface area contributed by atoms with Crippen LogP contribution in [-0.4, -0.2) is 49.6 Å². The van der Waals surface area contributed by atoms with Gasteiger partial charge in [-0.25, -0.2) is 13.3 Å². The molecule has 0 radical (unpaired) electrons. The molecule has 2 aromatic carbocycles. The van der Waals surface area contributed by atoms with Crippen molar-refractivity contribution in [3.8, 4) is 5.75 Å². The highest BCUT2D eigenvalue weighted by atomic mass is 35.5. The van der Waals surface area contributed by atoms with Crippen LogP contribution < -0.4 is 4.18 Å². The Kier molecular flexibility index (Phi) is 6.38. The van der Waals surface area contributed by atoms with E-state index in [9.17, 15) is 21.6 Å². The summed E-state index contributed by atoms with van der Waals surface area (Å²) in [5, 5.41) is 7.97. The molecule has 0 spiro atoms. The summed E-state index contributed by atoms with van der Waals surface area (Å²) in [4.78, 5) is 17.3. The lowest BCUT2D eigenvalue weighted by molar-refractivity contribution is -0.114. The molecule has 1 amide bonds. The number of rotatable bonds is 5. The van der Waals surface area contributed by atoms with Gasteiger partial charge in [-0.1, -0.05) is 42.8 Å². The minimum Gasteiger partial charge on any atom is -0.377 e. The molecule has 0 atom stereocenters. The van der Waals surface area contributed by atoms with Gasteiger partial charge in [0.05, 0.1) is 28.3 Å². The average molecular weight is 539 g/mol. The van der Waals surface area contributed by atoms with Crippen molar-refractivity contribution in [3.05, 3.63) is 64.7 Å². The monoisotopic (exact) mass is 538 g/mol. The number of fused-ring (bicyclic) bond motifs is 1. The minimum absolute atomic E-state index is 0.0212. The van der Waals surface area contributed by atoms with Crippen LogP contribution in [0, 0.1) is 5.41 Å². The van der Waals surface area contributed by atoms with Crippen LogP contribution in [0.3, 0.4) is 0 Å². The van der Waals surface area contributed by atoms with E-state index in [2.05, 4.69) is 9.39 Å². The van der Waals surface area contributed by atoms with E-state index in [1.807, 2.05) is 0 Å². The van der Waals surface area contributed by atoms with Crippen LogP contribution in [0.1, 0.15) is 12.5 Å². The number of benzene rings is 2. The molecule has 0 aromatic heterocycles. The standard InChI is InChI=1S/C20H15ClN4O6S3/c1-2-33(27,28)20-24-32-19-23-18(26)14(17(22)25(19)20)10-12-8-9-16(15(21)11-12)31-34(29,30)13-6-4-3-5-7-13/h3-11,22H,2H2,1H3/b14-10-,22-17?. The number of amides is 1. The van der Waals surface area contributed by atoms with E-state index >= 15 is 0 Å². The second-order valence-electron chi connectivity index (χ2n) is 6.85. The predicted molar refractivity (Wildman–Crippen MR) is 130 cm³/mol. The van der Waals surface area contributed by atoms with Crippen molar-refractivity contribution in [1.82, 2.24) is 4.90 Å². The molecule has 4 rings (SSSR count). The van der Waals surface area contributed by atoms with Crippen LogP contribution >= 0.6 is 23.5 Å². The summed E-state index contributed by atoms with van der Waals surface area (Å²) >= 11 is 6.91. The van der Waals surface area contributed by atoms with E-state index < -0.39 is 31.7 Å². The normalized spacial score (nSPS) is 17.5. The van der Waals surface area contributed by atoms with Crippen molar-refractivity contribution in [3.63, 3.8) is 0 Å². The van der Waals surface area contributed by atoms with Crippen molar-refractivity contribution < 1.29 is 25.8 Å². The fourth-order valence-corrected chi connectivity index (χ4v) is 6.13. The number of sulfone groups is 1. The quantitative estimate of drug-likeness (QED) is 0.347. The molecule has 0 saturated carbocycles. The Hall–Kier alpha value is -3.00. The summed E-state index contributed by atoms with van der Waals surface area (Å²) < 4.78 is 58.5. The number of nitrogens with zero attached hydrogens (tertiary/aromatic N) is 3. The first-order valence-electron chi connectivity index (χ1n) is 9.54. The van der Waals surface area contributed by atoms with E-state index in [1.165, 1.54) is 43.3 Å². The van der Waals surface area contributed by atoms with Crippen molar-refractivity contribution in [2.75, 3.05) is 5.75 Å². The summed E-state index contributed by atoms with van der Waals surface area (Å²) in [6.07, 6.45) is 1.30. The highest BCUT2D eigenvalue weighted by Crippen LogP contribution is 2.32. The van der Waals surface area contributed by atoms with E-state index in [4.69, 9.17) is 21.2 Å². The zero-order valence-electron chi connectivity index (χ0n) is 17.3. The van der Waals surface area contributed by atoms with Gasteiger partial charge in [0.15, 0.2) is 5.75 Å². The predicted octanol–water partition coefficient (Wildman–Crippen LogP) is 3.12. The van der Waals surface area contributed by atoms with E-state index in [1.54, 1.807) is 18.2 Å². The van der Waals surface area contributed by atoms with Crippen molar-refractivity contribution >= 4 is 71.7 Å². The SMILES string of the molecule is CCS(=O)(=O)C1=NSC2=NC(=O)/C(=C\c3ccc(OS(=O)(=O)c4ccccc4)c(Cl)c3)C(=N)N21. The number of carbonyl (C=O) groups is 1. The van der Waals surface area contributed by atoms with Gasteiger partial charge < -0.3 is 4.18 Å². The van der Waals surface area contributed by atoms with Gasteiger partial charge in [0.2, 0.25) is 20.2 Å². The molecule has 2 aromatic rings. The van der Waals surface area contributed by atoms with Crippen LogP contribution in [0.5, 0.6) is 5.75 Å². The van der Waals surface area contributed by atoms with Gasteiger partial charge in [-0.3, -0.25) is 10.2 Å². The maximum Gasteiger partial charge on any atom is 0.339 e. The Balaban J connectivity index is 1.64. The molecule has 2 aliphatic rings. The van der Waals surface area contributed by atoms with E-state index in [-0.39, 0.29) is 37.3 Å². The number of hydrogen-bond acceptors (Lipinski definition) is 9. The fraction of sp³-hybridized carbons (Fsp3) is 0.100. The molecule has 2 heterocycles. The number of aliphatic imine (C=N–C) groups is 1. The minimum atomic E-state index is -4.11. The first-order chi connectivity index (χ1) is 16.0. The summed E-state index contributed by atoms with van der Waals surface area (Å²) in [7, 11) is -7.88. The Labute approximate surface area is 204 Å². The average Bonchev–Trinajstić information content (AvgIpc) is 3.24. The molecular formula is C20H15ClN4O6S3. The Morgan fingerprint density at radius 3 is 2.50 bits per heavy atom. The van der Waals surface area contributed by atoms with Gasteiger partial charge in [-0.05, 0) is 35.9 Å². The molecule has 34 heavy (non-hydrogen) atoms. The molecule has 14 heteroatoms.